The van der Waals surface area contributed by atoms with Crippen LogP contribution in [0.3, 0.4) is 0 Å². The molecule has 0 radical (unpaired) electrons. The first-order valence-corrected chi connectivity index (χ1v) is 6.82. The first-order valence-electron chi connectivity index (χ1n) is 6.82. The normalized spacial score (nSPS) is 23.5. The van der Waals surface area contributed by atoms with Crippen molar-refractivity contribution >= 4 is 0 Å². The van der Waals surface area contributed by atoms with E-state index in [2.05, 4.69) is 36.1 Å². The first-order chi connectivity index (χ1) is 8.27. The smallest absolute Gasteiger partial charge is 0.0307 e. The molecule has 2 rings (SSSR count). The number of hydrogen-bond donors (Lipinski definition) is 1. The van der Waals surface area contributed by atoms with Gasteiger partial charge >= 0.3 is 0 Å². The molecule has 1 saturated heterocycles. The Balaban J connectivity index is 1.81. The average molecular weight is 232 g/mol. The summed E-state index contributed by atoms with van der Waals surface area (Å²) in [5.74, 6) is 0. The zero-order valence-corrected chi connectivity index (χ0v) is 10.8. The van der Waals surface area contributed by atoms with Crippen molar-refractivity contribution < 1.29 is 0 Å². The SMILES string of the molecule is CC1CCCCN1CCC(N)c1ccccc1. The number of rotatable bonds is 4. The van der Waals surface area contributed by atoms with Crippen LogP contribution in [-0.4, -0.2) is 24.0 Å². The lowest BCUT2D eigenvalue weighted by molar-refractivity contribution is 0.155. The van der Waals surface area contributed by atoms with Gasteiger partial charge in [-0.1, -0.05) is 36.8 Å². The number of nitrogens with two attached hydrogens (primary N) is 1. The molecule has 94 valence electrons. The van der Waals surface area contributed by atoms with Crippen LogP contribution < -0.4 is 5.73 Å². The van der Waals surface area contributed by atoms with Gasteiger partial charge in [-0.05, 0) is 38.3 Å². The predicted molar refractivity (Wildman–Crippen MR) is 72.9 cm³/mol. The fraction of sp³-hybridized carbons (Fsp3) is 0.600. The van der Waals surface area contributed by atoms with Crippen LogP contribution in [0.15, 0.2) is 30.3 Å². The summed E-state index contributed by atoms with van der Waals surface area (Å²) in [6.07, 6.45) is 5.16. The van der Waals surface area contributed by atoms with Crippen molar-refractivity contribution in [2.75, 3.05) is 13.1 Å². The van der Waals surface area contributed by atoms with E-state index < -0.39 is 0 Å². The average Bonchev–Trinajstić information content (AvgIpc) is 2.38. The number of benzene rings is 1. The quantitative estimate of drug-likeness (QED) is 0.865. The minimum absolute atomic E-state index is 0.185. The van der Waals surface area contributed by atoms with Crippen LogP contribution >= 0.6 is 0 Å². The Hall–Kier alpha value is -0.860. The van der Waals surface area contributed by atoms with Crippen molar-refractivity contribution in [3.63, 3.8) is 0 Å². The second kappa shape index (κ2) is 6.18. The van der Waals surface area contributed by atoms with E-state index in [-0.39, 0.29) is 6.04 Å². The van der Waals surface area contributed by atoms with Crippen LogP contribution in [0, 0.1) is 0 Å². The highest BCUT2D eigenvalue weighted by Crippen LogP contribution is 2.19. The molecule has 2 atom stereocenters. The molecule has 0 aliphatic carbocycles. The first kappa shape index (κ1) is 12.6. The fourth-order valence-electron chi connectivity index (χ4n) is 2.66. The van der Waals surface area contributed by atoms with Gasteiger partial charge in [0, 0.05) is 18.6 Å². The molecule has 1 heterocycles. The molecule has 0 bridgehead atoms. The predicted octanol–water partition coefficient (Wildman–Crippen LogP) is 2.95. The van der Waals surface area contributed by atoms with E-state index in [9.17, 15) is 0 Å². The van der Waals surface area contributed by atoms with E-state index >= 15 is 0 Å². The minimum atomic E-state index is 0.185. The summed E-state index contributed by atoms with van der Waals surface area (Å²) < 4.78 is 0. The molecule has 1 aromatic rings. The van der Waals surface area contributed by atoms with Crippen LogP contribution in [0.1, 0.15) is 44.2 Å². The van der Waals surface area contributed by atoms with Gasteiger partial charge in [-0.2, -0.15) is 0 Å². The molecule has 1 fully saturated rings. The van der Waals surface area contributed by atoms with Crippen LogP contribution in [0.2, 0.25) is 0 Å². The molecule has 1 aromatic carbocycles. The number of likely N-dealkylation sites (tertiary alicyclic amines) is 1. The highest BCUT2D eigenvalue weighted by atomic mass is 15.2. The third-order valence-electron chi connectivity index (χ3n) is 3.90. The molecule has 2 nitrogen and oxygen atoms in total. The summed E-state index contributed by atoms with van der Waals surface area (Å²) in [6.45, 7) is 4.73. The summed E-state index contributed by atoms with van der Waals surface area (Å²) in [7, 11) is 0. The van der Waals surface area contributed by atoms with Gasteiger partial charge in [-0.15, -0.1) is 0 Å². The maximum absolute atomic E-state index is 6.23. The highest BCUT2D eigenvalue weighted by molar-refractivity contribution is 5.18. The van der Waals surface area contributed by atoms with Gasteiger partial charge < -0.3 is 10.6 Å². The number of nitrogens with zero attached hydrogens (tertiary/aromatic N) is 1. The molecule has 0 amide bonds. The summed E-state index contributed by atoms with van der Waals surface area (Å²) >= 11 is 0. The van der Waals surface area contributed by atoms with E-state index in [1.165, 1.54) is 31.4 Å². The monoisotopic (exact) mass is 232 g/mol. The van der Waals surface area contributed by atoms with E-state index in [1.807, 2.05) is 6.07 Å². The summed E-state index contributed by atoms with van der Waals surface area (Å²) in [6, 6.07) is 11.4. The van der Waals surface area contributed by atoms with E-state index in [0.29, 0.717) is 0 Å². The maximum Gasteiger partial charge on any atom is 0.0307 e. The van der Waals surface area contributed by atoms with Gasteiger partial charge in [0.25, 0.3) is 0 Å². The van der Waals surface area contributed by atoms with E-state index in [0.717, 1.165) is 19.0 Å². The van der Waals surface area contributed by atoms with Crippen molar-refractivity contribution in [1.82, 2.24) is 4.90 Å². The van der Waals surface area contributed by atoms with Crippen molar-refractivity contribution in [3.8, 4) is 0 Å². The van der Waals surface area contributed by atoms with Gasteiger partial charge in [0.05, 0.1) is 0 Å². The van der Waals surface area contributed by atoms with Gasteiger partial charge in [-0.3, -0.25) is 0 Å². The Morgan fingerprint density at radius 2 is 2.06 bits per heavy atom. The standard InChI is InChI=1S/C15H24N2/c1-13-7-5-6-11-17(13)12-10-15(16)14-8-3-2-4-9-14/h2-4,8-9,13,15H,5-7,10-12,16H2,1H3. The van der Waals surface area contributed by atoms with Crippen molar-refractivity contribution in [2.45, 2.75) is 44.7 Å². The minimum Gasteiger partial charge on any atom is -0.324 e. The lowest BCUT2D eigenvalue weighted by Crippen LogP contribution is -2.38. The Morgan fingerprint density at radius 1 is 1.29 bits per heavy atom. The molecular weight excluding hydrogens is 208 g/mol. The Bertz CT molecular complexity index is 323. The van der Waals surface area contributed by atoms with Gasteiger partial charge in [-0.25, -0.2) is 0 Å². The van der Waals surface area contributed by atoms with Crippen LogP contribution in [0.4, 0.5) is 0 Å². The Morgan fingerprint density at radius 3 is 2.76 bits per heavy atom. The van der Waals surface area contributed by atoms with E-state index in [4.69, 9.17) is 5.73 Å². The van der Waals surface area contributed by atoms with Crippen molar-refractivity contribution in [3.05, 3.63) is 35.9 Å². The molecular formula is C15H24N2. The molecule has 0 aromatic heterocycles. The zero-order valence-electron chi connectivity index (χ0n) is 10.8. The molecule has 1 aliphatic rings. The van der Waals surface area contributed by atoms with Crippen molar-refractivity contribution in [1.29, 1.82) is 0 Å². The van der Waals surface area contributed by atoms with Gasteiger partial charge in [0.2, 0.25) is 0 Å². The van der Waals surface area contributed by atoms with Crippen LogP contribution in [0.25, 0.3) is 0 Å². The fourth-order valence-corrected chi connectivity index (χ4v) is 2.66. The zero-order chi connectivity index (χ0) is 12.1. The lowest BCUT2D eigenvalue weighted by Gasteiger charge is -2.34. The van der Waals surface area contributed by atoms with Crippen molar-refractivity contribution in [2.24, 2.45) is 5.73 Å². The maximum atomic E-state index is 6.23. The van der Waals surface area contributed by atoms with Gasteiger partial charge in [0.15, 0.2) is 0 Å². The summed E-state index contributed by atoms with van der Waals surface area (Å²) in [5.41, 5.74) is 7.49. The molecule has 2 N–H and O–H groups in total. The largest absolute Gasteiger partial charge is 0.324 e. The molecule has 2 heteroatoms. The molecule has 0 saturated carbocycles. The molecule has 2 unspecified atom stereocenters. The summed E-state index contributed by atoms with van der Waals surface area (Å²) in [4.78, 5) is 2.59. The Kier molecular flexibility index (Phi) is 4.57. The molecule has 1 aliphatic heterocycles. The third-order valence-corrected chi connectivity index (χ3v) is 3.90. The lowest BCUT2D eigenvalue weighted by atomic mass is 10.0. The topological polar surface area (TPSA) is 29.3 Å². The van der Waals surface area contributed by atoms with Gasteiger partial charge in [0.1, 0.15) is 0 Å². The Labute approximate surface area is 105 Å². The van der Waals surface area contributed by atoms with E-state index in [1.54, 1.807) is 0 Å². The van der Waals surface area contributed by atoms with Crippen LogP contribution in [-0.2, 0) is 0 Å². The summed E-state index contributed by atoms with van der Waals surface area (Å²) in [5, 5.41) is 0. The highest BCUT2D eigenvalue weighted by Gasteiger charge is 2.18. The number of hydrogen-bond acceptors (Lipinski definition) is 2. The molecule has 0 spiro atoms. The second-order valence-electron chi connectivity index (χ2n) is 5.19. The van der Waals surface area contributed by atoms with Crippen LogP contribution in [0.5, 0.6) is 0 Å². The molecule has 17 heavy (non-hydrogen) atoms. The second-order valence-corrected chi connectivity index (χ2v) is 5.19. The third kappa shape index (κ3) is 3.55. The number of piperidine rings is 1.